The Morgan fingerprint density at radius 2 is 2.06 bits per heavy atom. The number of anilines is 1. The predicted octanol–water partition coefficient (Wildman–Crippen LogP) is 0.888. The van der Waals surface area contributed by atoms with E-state index in [4.69, 9.17) is 9.47 Å². The molecule has 1 aliphatic rings. The zero-order valence-corrected chi connectivity index (χ0v) is 9.62. The highest BCUT2D eigenvalue weighted by molar-refractivity contribution is 5.38. The Bertz CT molecular complexity index is 351. The lowest BCUT2D eigenvalue weighted by molar-refractivity contribution is -0.0478. The molecule has 1 aromatic rings. The summed E-state index contributed by atoms with van der Waals surface area (Å²) < 4.78 is 11.0. The van der Waals surface area contributed by atoms with Gasteiger partial charge in [-0.2, -0.15) is 0 Å². The van der Waals surface area contributed by atoms with Crippen LogP contribution in [0.5, 0.6) is 0 Å². The van der Waals surface area contributed by atoms with Crippen molar-refractivity contribution in [1.82, 2.24) is 10.3 Å². The van der Waals surface area contributed by atoms with Crippen LogP contribution in [0.3, 0.4) is 0 Å². The van der Waals surface area contributed by atoms with E-state index in [1.807, 2.05) is 26.2 Å². The Kier molecular flexibility index (Phi) is 3.71. The molecular weight excluding hydrogens is 206 g/mol. The average molecular weight is 223 g/mol. The first-order valence-corrected chi connectivity index (χ1v) is 5.40. The van der Waals surface area contributed by atoms with Gasteiger partial charge >= 0.3 is 0 Å². The number of hydrogen-bond acceptors (Lipinski definition) is 5. The van der Waals surface area contributed by atoms with Crippen molar-refractivity contribution in [1.29, 1.82) is 0 Å². The van der Waals surface area contributed by atoms with E-state index in [0.717, 1.165) is 23.6 Å². The molecular formula is C11H17N3O2. The van der Waals surface area contributed by atoms with Crippen molar-refractivity contribution in [3.63, 3.8) is 0 Å². The SMILES string of the molecule is CNCc1ccc(NC)nc1C1OCCO1. The minimum Gasteiger partial charge on any atom is -0.373 e. The van der Waals surface area contributed by atoms with Crippen molar-refractivity contribution in [2.75, 3.05) is 32.6 Å². The normalized spacial score (nSPS) is 16.6. The summed E-state index contributed by atoms with van der Waals surface area (Å²) in [4.78, 5) is 4.49. The van der Waals surface area contributed by atoms with E-state index in [1.54, 1.807) is 0 Å². The van der Waals surface area contributed by atoms with Crippen LogP contribution in [-0.4, -0.2) is 32.3 Å². The third-order valence-electron chi connectivity index (χ3n) is 2.48. The zero-order chi connectivity index (χ0) is 11.4. The number of hydrogen-bond donors (Lipinski definition) is 2. The molecule has 1 saturated heterocycles. The molecule has 0 amide bonds. The summed E-state index contributed by atoms with van der Waals surface area (Å²) in [6.07, 6.45) is -0.323. The van der Waals surface area contributed by atoms with Crippen LogP contribution in [0.4, 0.5) is 5.82 Å². The Balaban J connectivity index is 2.29. The molecule has 16 heavy (non-hydrogen) atoms. The Labute approximate surface area is 95.2 Å². The van der Waals surface area contributed by atoms with Gasteiger partial charge in [-0.15, -0.1) is 0 Å². The monoisotopic (exact) mass is 223 g/mol. The van der Waals surface area contributed by atoms with Crippen LogP contribution in [0.1, 0.15) is 17.5 Å². The topological polar surface area (TPSA) is 55.4 Å². The Morgan fingerprint density at radius 3 is 2.69 bits per heavy atom. The van der Waals surface area contributed by atoms with Crippen molar-refractivity contribution in [3.05, 3.63) is 23.4 Å². The molecule has 2 rings (SSSR count). The van der Waals surface area contributed by atoms with Gasteiger partial charge in [-0.05, 0) is 18.7 Å². The van der Waals surface area contributed by atoms with Crippen molar-refractivity contribution >= 4 is 5.82 Å². The van der Waals surface area contributed by atoms with E-state index in [9.17, 15) is 0 Å². The lowest BCUT2D eigenvalue weighted by Crippen LogP contribution is -2.13. The third kappa shape index (κ3) is 2.32. The van der Waals surface area contributed by atoms with Crippen LogP contribution in [0.2, 0.25) is 0 Å². The molecule has 0 saturated carbocycles. The smallest absolute Gasteiger partial charge is 0.201 e. The lowest BCUT2D eigenvalue weighted by Gasteiger charge is -2.14. The highest BCUT2D eigenvalue weighted by atomic mass is 16.7. The fraction of sp³-hybridized carbons (Fsp3) is 0.545. The van der Waals surface area contributed by atoms with E-state index >= 15 is 0 Å². The summed E-state index contributed by atoms with van der Waals surface area (Å²) in [5.41, 5.74) is 1.96. The Morgan fingerprint density at radius 1 is 1.31 bits per heavy atom. The van der Waals surface area contributed by atoms with Gasteiger partial charge < -0.3 is 20.1 Å². The van der Waals surface area contributed by atoms with Gasteiger partial charge in [-0.25, -0.2) is 4.98 Å². The zero-order valence-electron chi connectivity index (χ0n) is 9.62. The van der Waals surface area contributed by atoms with Gasteiger partial charge in [0.1, 0.15) is 11.5 Å². The van der Waals surface area contributed by atoms with Crippen molar-refractivity contribution in [2.24, 2.45) is 0 Å². The second-order valence-corrected chi connectivity index (χ2v) is 3.59. The first-order chi connectivity index (χ1) is 7.85. The Hall–Kier alpha value is -1.17. The number of pyridine rings is 1. The number of nitrogens with one attached hydrogen (secondary N) is 2. The largest absolute Gasteiger partial charge is 0.373 e. The van der Waals surface area contributed by atoms with E-state index in [-0.39, 0.29) is 6.29 Å². The number of ether oxygens (including phenoxy) is 2. The van der Waals surface area contributed by atoms with Gasteiger partial charge in [0.25, 0.3) is 0 Å². The molecule has 0 bridgehead atoms. The highest BCUT2D eigenvalue weighted by Crippen LogP contribution is 2.25. The molecule has 88 valence electrons. The standard InChI is InChI=1S/C11H17N3O2/c1-12-7-8-3-4-9(13-2)14-10(8)11-15-5-6-16-11/h3-4,11-12H,5-7H2,1-2H3,(H,13,14). The van der Waals surface area contributed by atoms with Crippen molar-refractivity contribution < 1.29 is 9.47 Å². The molecule has 0 spiro atoms. The van der Waals surface area contributed by atoms with E-state index < -0.39 is 0 Å². The van der Waals surface area contributed by atoms with Gasteiger partial charge in [0.05, 0.1) is 13.2 Å². The molecule has 0 radical (unpaired) electrons. The van der Waals surface area contributed by atoms with Crippen LogP contribution in [0, 0.1) is 0 Å². The minimum atomic E-state index is -0.323. The van der Waals surface area contributed by atoms with Gasteiger partial charge in [0.2, 0.25) is 6.29 Å². The predicted molar refractivity (Wildman–Crippen MR) is 61.2 cm³/mol. The molecule has 5 heteroatoms. The first-order valence-electron chi connectivity index (χ1n) is 5.40. The third-order valence-corrected chi connectivity index (χ3v) is 2.48. The molecule has 0 atom stereocenters. The maximum atomic E-state index is 5.49. The van der Waals surface area contributed by atoms with E-state index in [2.05, 4.69) is 15.6 Å². The minimum absolute atomic E-state index is 0.323. The second kappa shape index (κ2) is 5.25. The van der Waals surface area contributed by atoms with Crippen LogP contribution in [0.15, 0.2) is 12.1 Å². The maximum absolute atomic E-state index is 5.49. The van der Waals surface area contributed by atoms with Crippen LogP contribution >= 0.6 is 0 Å². The molecule has 2 heterocycles. The summed E-state index contributed by atoms with van der Waals surface area (Å²) in [5, 5.41) is 6.13. The molecule has 1 aliphatic heterocycles. The number of aromatic nitrogens is 1. The second-order valence-electron chi connectivity index (χ2n) is 3.59. The molecule has 0 aliphatic carbocycles. The van der Waals surface area contributed by atoms with Crippen LogP contribution < -0.4 is 10.6 Å². The molecule has 1 fully saturated rings. The quantitative estimate of drug-likeness (QED) is 0.794. The summed E-state index contributed by atoms with van der Waals surface area (Å²) in [6.45, 7) is 2.03. The fourth-order valence-electron chi connectivity index (χ4n) is 1.70. The molecule has 2 N–H and O–H groups in total. The molecule has 0 aromatic carbocycles. The van der Waals surface area contributed by atoms with Gasteiger partial charge in [-0.3, -0.25) is 0 Å². The van der Waals surface area contributed by atoms with Crippen molar-refractivity contribution in [2.45, 2.75) is 12.8 Å². The van der Waals surface area contributed by atoms with Gasteiger partial charge in [0, 0.05) is 13.6 Å². The van der Waals surface area contributed by atoms with Crippen LogP contribution in [-0.2, 0) is 16.0 Å². The molecule has 5 nitrogen and oxygen atoms in total. The number of nitrogens with zero attached hydrogens (tertiary/aromatic N) is 1. The van der Waals surface area contributed by atoms with Gasteiger partial charge in [-0.1, -0.05) is 6.07 Å². The molecule has 1 aromatic heterocycles. The first kappa shape index (κ1) is 11.3. The maximum Gasteiger partial charge on any atom is 0.201 e. The summed E-state index contributed by atoms with van der Waals surface area (Å²) in [5.74, 6) is 0.828. The average Bonchev–Trinajstić information content (AvgIpc) is 2.83. The highest BCUT2D eigenvalue weighted by Gasteiger charge is 2.22. The number of rotatable bonds is 4. The van der Waals surface area contributed by atoms with E-state index in [1.165, 1.54) is 0 Å². The lowest BCUT2D eigenvalue weighted by atomic mass is 10.2. The summed E-state index contributed by atoms with van der Waals surface area (Å²) >= 11 is 0. The molecule has 0 unspecified atom stereocenters. The van der Waals surface area contributed by atoms with Gasteiger partial charge in [0.15, 0.2) is 0 Å². The van der Waals surface area contributed by atoms with Crippen molar-refractivity contribution in [3.8, 4) is 0 Å². The summed E-state index contributed by atoms with van der Waals surface area (Å²) in [7, 11) is 3.76. The summed E-state index contributed by atoms with van der Waals surface area (Å²) in [6, 6.07) is 3.99. The fourth-order valence-corrected chi connectivity index (χ4v) is 1.70. The van der Waals surface area contributed by atoms with Crippen LogP contribution in [0.25, 0.3) is 0 Å². The van der Waals surface area contributed by atoms with E-state index in [0.29, 0.717) is 13.2 Å².